The zero-order valence-electron chi connectivity index (χ0n) is 16.4. The number of halogens is 1. The van der Waals surface area contributed by atoms with Crippen LogP contribution in [0.5, 0.6) is 0 Å². The Hall–Kier alpha value is -3.22. The number of carbonyl (C=O) groups is 2. The van der Waals surface area contributed by atoms with E-state index in [9.17, 15) is 14.0 Å². The Labute approximate surface area is 168 Å². The van der Waals surface area contributed by atoms with Gasteiger partial charge in [0.1, 0.15) is 11.6 Å². The quantitative estimate of drug-likeness (QED) is 0.694. The zero-order valence-corrected chi connectivity index (χ0v) is 16.4. The Kier molecular flexibility index (Phi) is 5.05. The maximum atomic E-state index is 14.1. The monoisotopic (exact) mass is 394 g/mol. The molecule has 7 heteroatoms. The van der Waals surface area contributed by atoms with Crippen LogP contribution in [-0.2, 0) is 9.59 Å². The number of anilines is 1. The van der Waals surface area contributed by atoms with Crippen molar-refractivity contribution in [2.24, 2.45) is 11.8 Å². The summed E-state index contributed by atoms with van der Waals surface area (Å²) >= 11 is 0. The highest BCUT2D eigenvalue weighted by molar-refractivity contribution is 6.00. The molecule has 4 rings (SSSR count). The van der Waals surface area contributed by atoms with Crippen molar-refractivity contribution in [3.8, 4) is 0 Å². The molecule has 2 amide bonds. The molecule has 0 bridgehead atoms. The number of H-pyrrole nitrogens is 1. The molecule has 1 aliphatic rings. The fourth-order valence-electron chi connectivity index (χ4n) is 3.73. The summed E-state index contributed by atoms with van der Waals surface area (Å²) in [7, 11) is 0. The van der Waals surface area contributed by atoms with Gasteiger partial charge < -0.3 is 15.2 Å². The highest BCUT2D eigenvalue weighted by Crippen LogP contribution is 2.29. The van der Waals surface area contributed by atoms with Gasteiger partial charge in [0.25, 0.3) is 0 Å². The molecule has 3 aromatic rings. The normalized spacial score (nSPS) is 17.9. The van der Waals surface area contributed by atoms with Crippen LogP contribution in [0, 0.1) is 17.7 Å². The van der Waals surface area contributed by atoms with Crippen LogP contribution in [-0.4, -0.2) is 28.3 Å². The van der Waals surface area contributed by atoms with Crippen LogP contribution in [0.1, 0.15) is 32.1 Å². The number of fused-ring (bicyclic) bond motifs is 1. The number of nitrogens with zero attached hydrogens (tertiary/aromatic N) is 2. The van der Waals surface area contributed by atoms with E-state index in [0.29, 0.717) is 5.82 Å². The Balaban J connectivity index is 1.51. The summed E-state index contributed by atoms with van der Waals surface area (Å²) in [6, 6.07) is 13.5. The van der Waals surface area contributed by atoms with Gasteiger partial charge in [-0.1, -0.05) is 38.1 Å². The molecule has 2 heterocycles. The van der Waals surface area contributed by atoms with E-state index >= 15 is 0 Å². The lowest BCUT2D eigenvalue weighted by atomic mass is 10.0. The number of imidazole rings is 1. The first-order valence-corrected chi connectivity index (χ1v) is 9.74. The number of nitrogens with one attached hydrogen (secondary N) is 2. The van der Waals surface area contributed by atoms with Crippen LogP contribution in [0.15, 0.2) is 48.5 Å². The minimum Gasteiger partial charge on any atom is -0.346 e. The summed E-state index contributed by atoms with van der Waals surface area (Å²) in [5, 5.41) is 3.04. The summed E-state index contributed by atoms with van der Waals surface area (Å²) in [6.07, 6.45) is 0.0606. The maximum Gasteiger partial charge on any atom is 0.227 e. The predicted octanol–water partition coefficient (Wildman–Crippen LogP) is 3.57. The van der Waals surface area contributed by atoms with E-state index in [-0.39, 0.29) is 42.4 Å². The van der Waals surface area contributed by atoms with Gasteiger partial charge in [-0.05, 0) is 30.2 Å². The van der Waals surface area contributed by atoms with Gasteiger partial charge in [-0.2, -0.15) is 0 Å². The molecular formula is C22H23FN4O2. The number of carbonyl (C=O) groups excluding carboxylic acids is 2. The first kappa shape index (κ1) is 19.1. The third-order valence-corrected chi connectivity index (χ3v) is 5.31. The van der Waals surface area contributed by atoms with Gasteiger partial charge in [-0.3, -0.25) is 9.59 Å². The molecule has 150 valence electrons. The lowest BCUT2D eigenvalue weighted by molar-refractivity contribution is -0.127. The molecule has 0 spiro atoms. The average molecular weight is 394 g/mol. The lowest BCUT2D eigenvalue weighted by Crippen LogP contribution is -2.38. The number of aromatic nitrogens is 2. The molecule has 2 N–H and O–H groups in total. The van der Waals surface area contributed by atoms with E-state index in [4.69, 9.17) is 0 Å². The van der Waals surface area contributed by atoms with Crippen LogP contribution in [0.4, 0.5) is 10.1 Å². The molecule has 1 aliphatic heterocycles. The second-order valence-electron chi connectivity index (χ2n) is 7.73. The molecule has 0 saturated carbocycles. The van der Waals surface area contributed by atoms with Crippen molar-refractivity contribution in [1.29, 1.82) is 0 Å². The summed E-state index contributed by atoms with van der Waals surface area (Å²) in [4.78, 5) is 34.6. The average Bonchev–Trinajstić information content (AvgIpc) is 3.29. The van der Waals surface area contributed by atoms with Gasteiger partial charge in [-0.15, -0.1) is 0 Å². The molecule has 0 unspecified atom stereocenters. The van der Waals surface area contributed by atoms with Crippen molar-refractivity contribution in [3.05, 3.63) is 60.2 Å². The molecule has 1 aromatic heterocycles. The number of hydrogen-bond donors (Lipinski definition) is 2. The van der Waals surface area contributed by atoms with Gasteiger partial charge >= 0.3 is 0 Å². The van der Waals surface area contributed by atoms with Crippen molar-refractivity contribution in [2.45, 2.75) is 26.3 Å². The van der Waals surface area contributed by atoms with Gasteiger partial charge in [-0.25, -0.2) is 9.37 Å². The van der Waals surface area contributed by atoms with Crippen molar-refractivity contribution in [3.63, 3.8) is 0 Å². The molecule has 1 saturated heterocycles. The minimum absolute atomic E-state index is 0.0606. The van der Waals surface area contributed by atoms with Crippen LogP contribution < -0.4 is 10.2 Å². The zero-order chi connectivity index (χ0) is 20.5. The largest absolute Gasteiger partial charge is 0.346 e. The number of rotatable bonds is 5. The van der Waals surface area contributed by atoms with Gasteiger partial charge in [0.15, 0.2) is 0 Å². The van der Waals surface area contributed by atoms with Crippen LogP contribution >= 0.6 is 0 Å². The number of hydrogen-bond acceptors (Lipinski definition) is 3. The van der Waals surface area contributed by atoms with Crippen molar-refractivity contribution in [2.75, 3.05) is 11.4 Å². The highest BCUT2D eigenvalue weighted by atomic mass is 19.1. The van der Waals surface area contributed by atoms with E-state index in [1.807, 2.05) is 38.1 Å². The summed E-state index contributed by atoms with van der Waals surface area (Å²) in [5.41, 5.74) is 1.96. The predicted molar refractivity (Wildman–Crippen MR) is 109 cm³/mol. The standard InChI is InChI=1S/C22H23FN4O2/c1-13(2)20(21-24-16-8-4-5-9-17(16)25-21)26-22(29)14-11-19(28)27(12-14)18-10-6-3-7-15(18)23/h3-10,13-14,20H,11-12H2,1-2H3,(H,24,25)(H,26,29)/t14-,20-/m1/s1. The molecule has 1 fully saturated rings. The molecule has 2 aromatic carbocycles. The van der Waals surface area contributed by atoms with Crippen LogP contribution in [0.25, 0.3) is 11.0 Å². The topological polar surface area (TPSA) is 78.1 Å². The van der Waals surface area contributed by atoms with Crippen molar-refractivity contribution in [1.82, 2.24) is 15.3 Å². The van der Waals surface area contributed by atoms with Gasteiger partial charge in [0.2, 0.25) is 11.8 Å². The van der Waals surface area contributed by atoms with Crippen molar-refractivity contribution < 1.29 is 14.0 Å². The molecule has 2 atom stereocenters. The Bertz CT molecular complexity index is 1030. The van der Waals surface area contributed by atoms with E-state index in [1.54, 1.807) is 18.2 Å². The second-order valence-corrected chi connectivity index (χ2v) is 7.73. The van der Waals surface area contributed by atoms with E-state index in [0.717, 1.165) is 11.0 Å². The third kappa shape index (κ3) is 3.72. The molecule has 6 nitrogen and oxygen atoms in total. The summed E-state index contributed by atoms with van der Waals surface area (Å²) in [5.74, 6) is -0.697. The SMILES string of the molecule is CC(C)[C@@H](NC(=O)[C@@H]1CC(=O)N(c2ccccc2F)C1)c1nc2ccccc2[nH]1. The molecule has 0 radical (unpaired) electrons. The molecular weight excluding hydrogens is 371 g/mol. The van der Waals surface area contributed by atoms with Crippen molar-refractivity contribution >= 4 is 28.5 Å². The van der Waals surface area contributed by atoms with E-state index in [2.05, 4.69) is 15.3 Å². The summed E-state index contributed by atoms with van der Waals surface area (Å²) in [6.45, 7) is 4.17. The smallest absolute Gasteiger partial charge is 0.227 e. The van der Waals surface area contributed by atoms with Gasteiger partial charge in [0.05, 0.1) is 28.7 Å². The molecule has 0 aliphatic carbocycles. The first-order valence-electron chi connectivity index (χ1n) is 9.74. The number of para-hydroxylation sites is 3. The number of benzene rings is 2. The Morgan fingerprint density at radius 3 is 2.66 bits per heavy atom. The lowest BCUT2D eigenvalue weighted by Gasteiger charge is -2.22. The van der Waals surface area contributed by atoms with E-state index < -0.39 is 11.7 Å². The minimum atomic E-state index is -0.535. The highest BCUT2D eigenvalue weighted by Gasteiger charge is 2.37. The first-order chi connectivity index (χ1) is 13.9. The molecule has 29 heavy (non-hydrogen) atoms. The third-order valence-electron chi connectivity index (χ3n) is 5.31. The van der Waals surface area contributed by atoms with Crippen LogP contribution in [0.2, 0.25) is 0 Å². The Morgan fingerprint density at radius 2 is 1.93 bits per heavy atom. The second kappa shape index (κ2) is 7.66. The van der Waals surface area contributed by atoms with Gasteiger partial charge in [0, 0.05) is 13.0 Å². The fraction of sp³-hybridized carbons (Fsp3) is 0.318. The van der Waals surface area contributed by atoms with Crippen LogP contribution in [0.3, 0.4) is 0 Å². The number of amides is 2. The number of aromatic amines is 1. The summed E-state index contributed by atoms with van der Waals surface area (Å²) < 4.78 is 14.1. The fourth-order valence-corrected chi connectivity index (χ4v) is 3.73. The maximum absolute atomic E-state index is 14.1. The van der Waals surface area contributed by atoms with E-state index in [1.165, 1.54) is 11.0 Å². The Morgan fingerprint density at radius 1 is 1.21 bits per heavy atom.